The van der Waals surface area contributed by atoms with Gasteiger partial charge < -0.3 is 15.1 Å². The summed E-state index contributed by atoms with van der Waals surface area (Å²) < 4.78 is 0. The summed E-state index contributed by atoms with van der Waals surface area (Å²) in [4.78, 5) is 3.51. The smallest absolute Gasteiger partial charge is 0.163 e. The third-order valence-electron chi connectivity index (χ3n) is 4.68. The molecular weight excluding hydrogens is 222 g/mol. The lowest BCUT2D eigenvalue weighted by Gasteiger charge is -2.35. The Kier molecular flexibility index (Phi) is 3.37. The SMILES string of the molecule is Cc1ccc2c(c1)[C@H]([NH+]1CC[NH+](C)CC1)C[NH2+]C2. The second kappa shape index (κ2) is 5.00. The van der Waals surface area contributed by atoms with Crippen LogP contribution < -0.4 is 15.1 Å². The molecule has 0 spiro atoms. The van der Waals surface area contributed by atoms with Crippen LogP contribution in [0, 0.1) is 6.92 Å². The highest BCUT2D eigenvalue weighted by molar-refractivity contribution is 5.33. The van der Waals surface area contributed by atoms with E-state index < -0.39 is 0 Å². The molecule has 0 unspecified atom stereocenters. The molecule has 4 N–H and O–H groups in total. The van der Waals surface area contributed by atoms with Crippen LogP contribution in [0.1, 0.15) is 22.7 Å². The molecule has 1 aromatic carbocycles. The maximum Gasteiger partial charge on any atom is 0.163 e. The quantitative estimate of drug-likeness (QED) is 0.491. The third-order valence-corrected chi connectivity index (χ3v) is 4.68. The minimum atomic E-state index is 0.724. The maximum atomic E-state index is 2.49. The number of benzene rings is 1. The highest BCUT2D eigenvalue weighted by atomic mass is 15.3. The Balaban J connectivity index is 1.84. The first kappa shape index (κ1) is 12.2. The van der Waals surface area contributed by atoms with Gasteiger partial charge in [0, 0.05) is 11.1 Å². The largest absolute Gasteiger partial charge is 0.337 e. The van der Waals surface area contributed by atoms with E-state index in [9.17, 15) is 0 Å². The zero-order valence-electron chi connectivity index (χ0n) is 11.6. The van der Waals surface area contributed by atoms with Crippen molar-refractivity contribution in [3.8, 4) is 0 Å². The topological polar surface area (TPSA) is 25.5 Å². The van der Waals surface area contributed by atoms with Crippen LogP contribution in [-0.4, -0.2) is 39.8 Å². The van der Waals surface area contributed by atoms with E-state index in [-0.39, 0.29) is 0 Å². The summed E-state index contributed by atoms with van der Waals surface area (Å²) >= 11 is 0. The molecular formula is C15H26N3+3. The van der Waals surface area contributed by atoms with Crippen LogP contribution in [0.5, 0.6) is 0 Å². The highest BCUT2D eigenvalue weighted by Gasteiger charge is 2.34. The number of likely N-dealkylation sites (N-methyl/N-ethyl adjacent to an activating group) is 1. The van der Waals surface area contributed by atoms with E-state index in [1.807, 2.05) is 4.90 Å². The Morgan fingerprint density at radius 1 is 1.17 bits per heavy atom. The second-order valence-corrected chi connectivity index (χ2v) is 6.10. The minimum Gasteiger partial charge on any atom is -0.337 e. The predicted octanol–water partition coefficient (Wildman–Crippen LogP) is -2.47. The standard InChI is InChI=1S/C15H23N3/c1-12-3-4-13-10-16-11-15(14(13)9-12)18-7-5-17(2)6-8-18/h3-4,9,15-16H,5-8,10-11H2,1-2H3/p+3/t15-/m1/s1. The maximum absolute atomic E-state index is 2.49. The Labute approximate surface area is 110 Å². The number of fused-ring (bicyclic) bond motifs is 1. The first-order chi connectivity index (χ1) is 8.74. The Hall–Kier alpha value is -0.900. The first-order valence-corrected chi connectivity index (χ1v) is 7.31. The van der Waals surface area contributed by atoms with Crippen molar-refractivity contribution < 1.29 is 15.1 Å². The predicted molar refractivity (Wildman–Crippen MR) is 71.7 cm³/mol. The molecule has 98 valence electrons. The Morgan fingerprint density at radius 3 is 2.72 bits per heavy atom. The normalized spacial score (nSPS) is 32.0. The van der Waals surface area contributed by atoms with E-state index in [2.05, 4.69) is 37.5 Å². The molecule has 18 heavy (non-hydrogen) atoms. The average molecular weight is 248 g/mol. The molecule has 3 rings (SSSR count). The molecule has 0 bridgehead atoms. The van der Waals surface area contributed by atoms with Gasteiger partial charge in [-0.05, 0) is 13.0 Å². The van der Waals surface area contributed by atoms with Gasteiger partial charge in [-0.3, -0.25) is 0 Å². The molecule has 2 aliphatic heterocycles. The van der Waals surface area contributed by atoms with Crippen LogP contribution in [0.2, 0.25) is 0 Å². The molecule has 0 aromatic heterocycles. The molecule has 3 heteroatoms. The summed E-state index contributed by atoms with van der Waals surface area (Å²) in [6.45, 7) is 9.98. The summed E-state index contributed by atoms with van der Waals surface area (Å²) in [5.41, 5.74) is 4.61. The van der Waals surface area contributed by atoms with Crippen molar-refractivity contribution in [1.29, 1.82) is 0 Å². The molecule has 2 aliphatic rings. The monoisotopic (exact) mass is 248 g/mol. The van der Waals surface area contributed by atoms with E-state index in [1.54, 1.807) is 16.0 Å². The van der Waals surface area contributed by atoms with Crippen LogP contribution >= 0.6 is 0 Å². The first-order valence-electron chi connectivity index (χ1n) is 7.31. The molecule has 0 radical (unpaired) electrons. The van der Waals surface area contributed by atoms with E-state index >= 15 is 0 Å². The zero-order valence-corrected chi connectivity index (χ0v) is 11.6. The number of quaternary nitrogens is 3. The van der Waals surface area contributed by atoms with Crippen LogP contribution in [0.3, 0.4) is 0 Å². The van der Waals surface area contributed by atoms with Gasteiger partial charge in [-0.2, -0.15) is 0 Å². The fourth-order valence-corrected chi connectivity index (χ4v) is 3.49. The van der Waals surface area contributed by atoms with Gasteiger partial charge in [-0.1, -0.05) is 17.7 Å². The average Bonchev–Trinajstić information content (AvgIpc) is 2.39. The molecule has 3 nitrogen and oxygen atoms in total. The summed E-state index contributed by atoms with van der Waals surface area (Å²) in [6, 6.07) is 7.76. The second-order valence-electron chi connectivity index (χ2n) is 6.10. The molecule has 1 saturated heterocycles. The van der Waals surface area contributed by atoms with Crippen LogP contribution in [-0.2, 0) is 6.54 Å². The van der Waals surface area contributed by atoms with E-state index in [0.717, 1.165) is 6.04 Å². The lowest BCUT2D eigenvalue weighted by atomic mass is 9.93. The van der Waals surface area contributed by atoms with Gasteiger partial charge in [0.15, 0.2) is 6.04 Å². The molecule has 1 atom stereocenters. The summed E-state index contributed by atoms with van der Waals surface area (Å²) in [5.74, 6) is 0. The molecule has 0 saturated carbocycles. The van der Waals surface area contributed by atoms with Gasteiger partial charge in [0.25, 0.3) is 0 Å². The van der Waals surface area contributed by atoms with E-state index in [4.69, 9.17) is 0 Å². The number of piperazine rings is 1. The van der Waals surface area contributed by atoms with Crippen molar-refractivity contribution in [3.63, 3.8) is 0 Å². The molecule has 1 aromatic rings. The zero-order chi connectivity index (χ0) is 12.5. The van der Waals surface area contributed by atoms with Crippen molar-refractivity contribution in [3.05, 3.63) is 34.9 Å². The Bertz CT molecular complexity index is 422. The lowest BCUT2D eigenvalue weighted by Crippen LogP contribution is -3.28. The molecule has 0 aliphatic carbocycles. The minimum absolute atomic E-state index is 0.724. The Morgan fingerprint density at radius 2 is 1.94 bits per heavy atom. The lowest BCUT2D eigenvalue weighted by molar-refractivity contribution is -1.03. The summed E-state index contributed by atoms with van der Waals surface area (Å²) in [7, 11) is 2.32. The highest BCUT2D eigenvalue weighted by Crippen LogP contribution is 2.18. The van der Waals surface area contributed by atoms with Gasteiger partial charge in [0.1, 0.15) is 39.3 Å². The van der Waals surface area contributed by atoms with Gasteiger partial charge >= 0.3 is 0 Å². The van der Waals surface area contributed by atoms with Crippen LogP contribution in [0.25, 0.3) is 0 Å². The van der Waals surface area contributed by atoms with Crippen LogP contribution in [0.4, 0.5) is 0 Å². The number of aryl methyl sites for hydroxylation is 1. The van der Waals surface area contributed by atoms with Gasteiger partial charge in [0.2, 0.25) is 0 Å². The number of rotatable bonds is 1. The fraction of sp³-hybridized carbons (Fsp3) is 0.600. The number of hydrogen-bond acceptors (Lipinski definition) is 0. The van der Waals surface area contributed by atoms with Crippen molar-refractivity contribution >= 4 is 0 Å². The van der Waals surface area contributed by atoms with Crippen molar-refractivity contribution in [2.45, 2.75) is 19.5 Å². The number of hydrogen-bond donors (Lipinski definition) is 3. The van der Waals surface area contributed by atoms with E-state index in [1.165, 1.54) is 44.8 Å². The summed E-state index contributed by atoms with van der Waals surface area (Å²) in [5, 5.41) is 2.49. The van der Waals surface area contributed by atoms with Gasteiger partial charge in [0.05, 0.1) is 7.05 Å². The van der Waals surface area contributed by atoms with Crippen molar-refractivity contribution in [1.82, 2.24) is 0 Å². The third kappa shape index (κ3) is 2.30. The number of nitrogens with two attached hydrogens (primary N) is 1. The van der Waals surface area contributed by atoms with Gasteiger partial charge in [-0.15, -0.1) is 0 Å². The van der Waals surface area contributed by atoms with Crippen molar-refractivity contribution in [2.24, 2.45) is 0 Å². The summed E-state index contributed by atoms with van der Waals surface area (Å²) in [6.07, 6.45) is 0. The van der Waals surface area contributed by atoms with Gasteiger partial charge in [-0.25, -0.2) is 0 Å². The number of nitrogens with one attached hydrogen (secondary N) is 2. The molecule has 1 fully saturated rings. The van der Waals surface area contributed by atoms with Crippen LogP contribution in [0.15, 0.2) is 18.2 Å². The molecule has 0 amide bonds. The van der Waals surface area contributed by atoms with E-state index in [0.29, 0.717) is 0 Å². The fourth-order valence-electron chi connectivity index (χ4n) is 3.49. The van der Waals surface area contributed by atoms with Crippen molar-refractivity contribution in [2.75, 3.05) is 39.8 Å². The molecule has 2 heterocycles.